The molecule has 1 aliphatic rings. The summed E-state index contributed by atoms with van der Waals surface area (Å²) in [4.78, 5) is 12.6. The Morgan fingerprint density at radius 1 is 1.04 bits per heavy atom. The predicted octanol–water partition coefficient (Wildman–Crippen LogP) is 3.68. The predicted molar refractivity (Wildman–Crippen MR) is 91.0 cm³/mol. The van der Waals surface area contributed by atoms with Crippen LogP contribution < -0.4 is 10.1 Å². The van der Waals surface area contributed by atoms with Gasteiger partial charge in [-0.1, -0.05) is 30.3 Å². The summed E-state index contributed by atoms with van der Waals surface area (Å²) in [6.07, 6.45) is 4.07. The lowest BCUT2D eigenvalue weighted by Gasteiger charge is -2.26. The van der Waals surface area contributed by atoms with E-state index in [2.05, 4.69) is 5.32 Å². The summed E-state index contributed by atoms with van der Waals surface area (Å²) in [5.74, 6) is 0.818. The number of hydrogen-bond donors (Lipinski definition) is 1. The van der Waals surface area contributed by atoms with Crippen LogP contribution in [0.1, 0.15) is 15.9 Å². The quantitative estimate of drug-likeness (QED) is 0.801. The lowest BCUT2D eigenvalue weighted by molar-refractivity contribution is 0.0915. The smallest absolute Gasteiger partial charge is 0.251 e. The number of furan rings is 1. The molecule has 0 radical (unpaired) electrons. The largest absolute Gasteiger partial charge is 0.491 e. The maximum atomic E-state index is 12.6. The zero-order chi connectivity index (χ0) is 16.4. The molecule has 0 saturated carbocycles. The number of carbonyl (C=O) groups excluding carboxylic acids is 1. The first-order chi connectivity index (χ1) is 11.8. The standard InChI is InChI=1S/C20H17NO3/c22-20(16-6-3-5-14(10-16)17-8-9-23-12-17)21-18-11-15-4-1-2-7-19(15)24-13-18/h1-10,12,18H,11,13H2,(H,21,22). The van der Waals surface area contributed by atoms with Gasteiger partial charge in [0.15, 0.2) is 0 Å². The molecule has 1 N–H and O–H groups in total. The first-order valence-corrected chi connectivity index (χ1v) is 7.94. The lowest BCUT2D eigenvalue weighted by atomic mass is 10.0. The van der Waals surface area contributed by atoms with E-state index in [9.17, 15) is 4.79 Å². The number of fused-ring (bicyclic) bond motifs is 1. The molecule has 0 bridgehead atoms. The summed E-state index contributed by atoms with van der Waals surface area (Å²) in [6.45, 7) is 0.490. The van der Waals surface area contributed by atoms with E-state index in [-0.39, 0.29) is 11.9 Å². The molecule has 0 aliphatic carbocycles. The summed E-state index contributed by atoms with van der Waals surface area (Å²) in [5, 5.41) is 3.06. The van der Waals surface area contributed by atoms with Crippen LogP contribution in [0, 0.1) is 0 Å². The molecule has 0 fully saturated rings. The fourth-order valence-electron chi connectivity index (χ4n) is 2.96. The Labute approximate surface area is 140 Å². The van der Waals surface area contributed by atoms with Crippen LogP contribution in [0.25, 0.3) is 11.1 Å². The Kier molecular flexibility index (Phi) is 3.79. The Hall–Kier alpha value is -3.01. The zero-order valence-electron chi connectivity index (χ0n) is 13.1. The maximum absolute atomic E-state index is 12.6. The van der Waals surface area contributed by atoms with Crippen LogP contribution >= 0.6 is 0 Å². The third-order valence-electron chi connectivity index (χ3n) is 4.19. The van der Waals surface area contributed by atoms with E-state index in [1.165, 1.54) is 0 Å². The number of nitrogens with one attached hydrogen (secondary N) is 1. The first-order valence-electron chi connectivity index (χ1n) is 7.94. The molecule has 4 rings (SSSR count). The minimum atomic E-state index is -0.0895. The van der Waals surface area contributed by atoms with Crippen molar-refractivity contribution in [1.29, 1.82) is 0 Å². The fourth-order valence-corrected chi connectivity index (χ4v) is 2.96. The van der Waals surface area contributed by atoms with E-state index in [1.807, 2.05) is 54.6 Å². The number of hydrogen-bond acceptors (Lipinski definition) is 3. The van der Waals surface area contributed by atoms with Crippen molar-refractivity contribution in [3.8, 4) is 16.9 Å². The summed E-state index contributed by atoms with van der Waals surface area (Å²) < 4.78 is 10.8. The first kappa shape index (κ1) is 14.6. The Morgan fingerprint density at radius 2 is 1.96 bits per heavy atom. The van der Waals surface area contributed by atoms with Crippen LogP contribution in [0.4, 0.5) is 0 Å². The molecule has 1 amide bonds. The fraction of sp³-hybridized carbons (Fsp3) is 0.150. The van der Waals surface area contributed by atoms with Gasteiger partial charge in [0.2, 0.25) is 0 Å². The van der Waals surface area contributed by atoms with Gasteiger partial charge in [-0.3, -0.25) is 4.79 Å². The zero-order valence-corrected chi connectivity index (χ0v) is 13.1. The molecule has 1 atom stereocenters. The molecule has 0 spiro atoms. The molecule has 2 heterocycles. The SMILES string of the molecule is O=C(NC1COc2ccccc2C1)c1cccc(-c2ccoc2)c1. The van der Waals surface area contributed by atoms with Gasteiger partial charge in [-0.25, -0.2) is 0 Å². The van der Waals surface area contributed by atoms with Crippen molar-refractivity contribution >= 4 is 5.91 Å². The normalized spacial score (nSPS) is 16.1. The monoisotopic (exact) mass is 319 g/mol. The van der Waals surface area contributed by atoms with Gasteiger partial charge in [0.25, 0.3) is 5.91 Å². The van der Waals surface area contributed by atoms with Gasteiger partial charge in [-0.05, 0) is 41.8 Å². The molecule has 0 saturated heterocycles. The van der Waals surface area contributed by atoms with Crippen LogP contribution in [-0.4, -0.2) is 18.6 Å². The van der Waals surface area contributed by atoms with E-state index < -0.39 is 0 Å². The second-order valence-corrected chi connectivity index (χ2v) is 5.89. The Balaban J connectivity index is 1.48. The van der Waals surface area contributed by atoms with Gasteiger partial charge in [0, 0.05) is 11.1 Å². The second kappa shape index (κ2) is 6.24. The number of para-hydroxylation sites is 1. The second-order valence-electron chi connectivity index (χ2n) is 5.89. The number of ether oxygens (including phenoxy) is 1. The third kappa shape index (κ3) is 2.91. The molecular weight excluding hydrogens is 302 g/mol. The number of benzene rings is 2. The van der Waals surface area contributed by atoms with Crippen molar-refractivity contribution in [2.24, 2.45) is 0 Å². The molecule has 1 aromatic heterocycles. The average molecular weight is 319 g/mol. The average Bonchev–Trinajstić information content (AvgIpc) is 3.16. The van der Waals surface area contributed by atoms with Gasteiger partial charge in [0.1, 0.15) is 12.4 Å². The number of rotatable bonds is 3. The van der Waals surface area contributed by atoms with Gasteiger partial charge in [0.05, 0.1) is 18.6 Å². The topological polar surface area (TPSA) is 51.5 Å². The van der Waals surface area contributed by atoms with Crippen LogP contribution in [0.5, 0.6) is 5.75 Å². The highest BCUT2D eigenvalue weighted by atomic mass is 16.5. The lowest BCUT2D eigenvalue weighted by Crippen LogP contribution is -2.42. The van der Waals surface area contributed by atoms with E-state index in [0.29, 0.717) is 12.2 Å². The highest BCUT2D eigenvalue weighted by molar-refractivity contribution is 5.95. The van der Waals surface area contributed by atoms with Crippen molar-refractivity contribution in [2.75, 3.05) is 6.61 Å². The van der Waals surface area contributed by atoms with Gasteiger partial charge < -0.3 is 14.5 Å². The third-order valence-corrected chi connectivity index (χ3v) is 4.19. The minimum Gasteiger partial charge on any atom is -0.491 e. The highest BCUT2D eigenvalue weighted by Crippen LogP contribution is 2.24. The van der Waals surface area contributed by atoms with Crippen molar-refractivity contribution in [3.05, 3.63) is 78.3 Å². The van der Waals surface area contributed by atoms with E-state index >= 15 is 0 Å². The summed E-state index contributed by atoms with van der Waals surface area (Å²) in [7, 11) is 0. The van der Waals surface area contributed by atoms with Crippen LogP contribution in [0.15, 0.2) is 71.5 Å². The van der Waals surface area contributed by atoms with Crippen LogP contribution in [0.2, 0.25) is 0 Å². The van der Waals surface area contributed by atoms with E-state index in [4.69, 9.17) is 9.15 Å². The molecule has 1 aliphatic heterocycles. The van der Waals surface area contributed by atoms with Crippen molar-refractivity contribution < 1.29 is 13.9 Å². The van der Waals surface area contributed by atoms with Crippen LogP contribution in [0.3, 0.4) is 0 Å². The maximum Gasteiger partial charge on any atom is 0.251 e. The molecule has 4 nitrogen and oxygen atoms in total. The number of carbonyl (C=O) groups is 1. The molecule has 2 aromatic carbocycles. The summed E-state index contributed by atoms with van der Waals surface area (Å²) >= 11 is 0. The summed E-state index contributed by atoms with van der Waals surface area (Å²) in [6, 6.07) is 17.3. The summed E-state index contributed by atoms with van der Waals surface area (Å²) in [5.41, 5.74) is 3.68. The van der Waals surface area contributed by atoms with Gasteiger partial charge >= 0.3 is 0 Å². The van der Waals surface area contributed by atoms with Crippen molar-refractivity contribution in [2.45, 2.75) is 12.5 Å². The van der Waals surface area contributed by atoms with E-state index in [0.717, 1.165) is 28.9 Å². The molecule has 24 heavy (non-hydrogen) atoms. The van der Waals surface area contributed by atoms with E-state index in [1.54, 1.807) is 12.5 Å². The molecule has 120 valence electrons. The molecular formula is C20H17NO3. The van der Waals surface area contributed by atoms with Gasteiger partial charge in [-0.2, -0.15) is 0 Å². The van der Waals surface area contributed by atoms with Crippen molar-refractivity contribution in [3.63, 3.8) is 0 Å². The molecule has 1 unspecified atom stereocenters. The highest BCUT2D eigenvalue weighted by Gasteiger charge is 2.21. The van der Waals surface area contributed by atoms with Crippen LogP contribution in [-0.2, 0) is 6.42 Å². The number of amides is 1. The van der Waals surface area contributed by atoms with Crippen molar-refractivity contribution in [1.82, 2.24) is 5.32 Å². The van der Waals surface area contributed by atoms with Gasteiger partial charge in [-0.15, -0.1) is 0 Å². The Morgan fingerprint density at radius 3 is 2.83 bits per heavy atom. The molecule has 3 aromatic rings. The molecule has 4 heteroatoms. The Bertz CT molecular complexity index is 855. The minimum absolute atomic E-state index is 0.0232.